The van der Waals surface area contributed by atoms with Crippen LogP contribution >= 0.6 is 11.3 Å². The molecule has 0 fully saturated rings. The van der Waals surface area contributed by atoms with Crippen molar-refractivity contribution in [3.8, 4) is 5.75 Å². The van der Waals surface area contributed by atoms with Gasteiger partial charge in [0.2, 0.25) is 11.9 Å². The molecule has 2 amide bonds. The van der Waals surface area contributed by atoms with E-state index in [1.54, 1.807) is 59.1 Å². The number of sulfonamides is 1. The number of ether oxygens (including phenoxy) is 2. The standard InChI is InChI=1S/C33H45FN6O7S2/c1-19-16-26(46-7)20(2)21(3)28(19)49(44,45)40-31(35)37-13-9-12-24(27(41)30-36-14-15-48-30)38-29(42)25(39-32(43)47-33(4,5)6)18-22-10-8-11-23(34)17-22/h8,10-11,14-17,24-25,27,41H,9,12-13,18H2,1-7H3,(H,38,42)(H,39,43)(H3,35,37,40)/t24-,25-,27?/m0/s1. The number of nitrogens with one attached hydrogen (secondary N) is 3. The molecule has 6 N–H and O–H groups in total. The average molecular weight is 721 g/mol. The fraction of sp³-hybridized carbons (Fsp3) is 0.455. The van der Waals surface area contributed by atoms with Crippen LogP contribution < -0.4 is 25.8 Å². The summed E-state index contributed by atoms with van der Waals surface area (Å²) in [6.07, 6.45) is -0.164. The zero-order valence-corrected chi connectivity index (χ0v) is 30.3. The Labute approximate surface area is 290 Å². The van der Waals surface area contributed by atoms with Gasteiger partial charge in [-0.1, -0.05) is 12.1 Å². The molecule has 1 heterocycles. The highest BCUT2D eigenvalue weighted by atomic mass is 32.2. The first-order valence-electron chi connectivity index (χ1n) is 15.5. The topological polar surface area (TPSA) is 194 Å². The molecule has 16 heteroatoms. The van der Waals surface area contributed by atoms with Crippen LogP contribution in [-0.4, -0.2) is 67.8 Å². The number of carbonyl (C=O) groups is 2. The largest absolute Gasteiger partial charge is 0.496 e. The van der Waals surface area contributed by atoms with Gasteiger partial charge in [-0.25, -0.2) is 27.3 Å². The normalized spacial score (nSPS) is 14.0. The predicted octanol–water partition coefficient (Wildman–Crippen LogP) is 3.94. The molecule has 3 rings (SSSR count). The molecule has 0 bridgehead atoms. The number of nitrogens with zero attached hydrogens (tertiary/aromatic N) is 2. The number of aryl methyl sites for hydroxylation is 1. The summed E-state index contributed by atoms with van der Waals surface area (Å²) in [6.45, 7) is 10.2. The van der Waals surface area contributed by atoms with Gasteiger partial charge in [0.1, 0.15) is 34.3 Å². The Morgan fingerprint density at radius 2 is 1.86 bits per heavy atom. The number of rotatable bonds is 14. The first kappa shape index (κ1) is 39.2. The number of thiazole rings is 1. The third-order valence-corrected chi connectivity index (χ3v) is 9.90. The lowest BCUT2D eigenvalue weighted by Gasteiger charge is -2.27. The summed E-state index contributed by atoms with van der Waals surface area (Å²) in [6, 6.07) is 5.20. The van der Waals surface area contributed by atoms with Crippen molar-refractivity contribution in [2.75, 3.05) is 13.7 Å². The zero-order chi connectivity index (χ0) is 36.5. The Morgan fingerprint density at radius 1 is 1.14 bits per heavy atom. The second kappa shape index (κ2) is 16.9. The van der Waals surface area contributed by atoms with Crippen molar-refractivity contribution in [1.82, 2.24) is 20.3 Å². The fourth-order valence-corrected chi connectivity index (χ4v) is 7.25. The molecule has 268 valence electrons. The molecule has 0 radical (unpaired) electrons. The lowest BCUT2D eigenvalue weighted by Crippen LogP contribution is -2.52. The van der Waals surface area contributed by atoms with Crippen molar-refractivity contribution in [2.45, 2.75) is 89.5 Å². The monoisotopic (exact) mass is 720 g/mol. The van der Waals surface area contributed by atoms with Crippen LogP contribution in [0.3, 0.4) is 0 Å². The lowest BCUT2D eigenvalue weighted by molar-refractivity contribution is -0.124. The third kappa shape index (κ3) is 11.4. The summed E-state index contributed by atoms with van der Waals surface area (Å²) in [5.41, 5.74) is 7.26. The number of halogens is 1. The van der Waals surface area contributed by atoms with Gasteiger partial charge in [0.15, 0.2) is 0 Å². The minimum atomic E-state index is -4.07. The van der Waals surface area contributed by atoms with Gasteiger partial charge in [0, 0.05) is 24.5 Å². The van der Waals surface area contributed by atoms with E-state index in [0.29, 0.717) is 33.0 Å². The average Bonchev–Trinajstić information content (AvgIpc) is 3.53. The maximum absolute atomic E-state index is 13.9. The van der Waals surface area contributed by atoms with E-state index >= 15 is 0 Å². The molecule has 0 aliphatic carbocycles. The van der Waals surface area contributed by atoms with Crippen LogP contribution in [-0.2, 0) is 26.0 Å². The molecule has 0 aliphatic heterocycles. The number of aliphatic hydroxyl groups is 1. The number of alkyl carbamates (subject to hydrolysis) is 1. The third-order valence-electron chi connectivity index (χ3n) is 7.41. The van der Waals surface area contributed by atoms with Gasteiger partial charge >= 0.3 is 6.09 Å². The molecular weight excluding hydrogens is 676 g/mol. The quantitative estimate of drug-likeness (QED) is 0.0932. The summed E-state index contributed by atoms with van der Waals surface area (Å²) in [4.78, 5) is 34.7. The number of hydrogen-bond donors (Lipinski definition) is 5. The smallest absolute Gasteiger partial charge is 0.408 e. The lowest BCUT2D eigenvalue weighted by atomic mass is 10.0. The number of nitrogens with two attached hydrogens (primary N) is 1. The molecule has 1 unspecified atom stereocenters. The number of carbonyl (C=O) groups excluding carboxylic acids is 2. The molecular formula is C33H45FN6O7S2. The van der Waals surface area contributed by atoms with Gasteiger partial charge in [-0.2, -0.15) is 0 Å². The molecule has 3 atom stereocenters. The molecule has 13 nitrogen and oxygen atoms in total. The Bertz CT molecular complexity index is 1740. The highest BCUT2D eigenvalue weighted by Crippen LogP contribution is 2.30. The minimum Gasteiger partial charge on any atom is -0.496 e. The van der Waals surface area contributed by atoms with Crippen LogP contribution in [0.4, 0.5) is 9.18 Å². The Balaban J connectivity index is 1.76. The molecule has 0 aliphatic rings. The van der Waals surface area contributed by atoms with Crippen LogP contribution in [0.1, 0.15) is 67.0 Å². The second-order valence-electron chi connectivity index (χ2n) is 12.5. The van der Waals surface area contributed by atoms with Crippen molar-refractivity contribution in [2.24, 2.45) is 10.7 Å². The van der Waals surface area contributed by atoms with E-state index in [-0.39, 0.29) is 36.7 Å². The number of aliphatic hydroxyl groups excluding tert-OH is 1. The highest BCUT2D eigenvalue weighted by Gasteiger charge is 2.30. The van der Waals surface area contributed by atoms with E-state index in [4.69, 9.17) is 15.2 Å². The summed E-state index contributed by atoms with van der Waals surface area (Å²) < 4.78 is 53.4. The number of hydrogen-bond acceptors (Lipinski definition) is 10. The summed E-state index contributed by atoms with van der Waals surface area (Å²) >= 11 is 1.19. The van der Waals surface area contributed by atoms with E-state index in [1.807, 2.05) is 0 Å². The van der Waals surface area contributed by atoms with Crippen molar-refractivity contribution in [3.63, 3.8) is 0 Å². The number of methoxy groups -OCH3 is 1. The van der Waals surface area contributed by atoms with Crippen LogP contribution in [0.5, 0.6) is 5.75 Å². The van der Waals surface area contributed by atoms with Gasteiger partial charge in [-0.05, 0) is 94.8 Å². The highest BCUT2D eigenvalue weighted by molar-refractivity contribution is 7.90. The predicted molar refractivity (Wildman–Crippen MR) is 186 cm³/mol. The van der Waals surface area contributed by atoms with E-state index in [0.717, 1.165) is 0 Å². The molecule has 3 aromatic rings. The molecule has 0 saturated carbocycles. The van der Waals surface area contributed by atoms with Gasteiger partial charge in [-0.3, -0.25) is 9.79 Å². The molecule has 0 spiro atoms. The van der Waals surface area contributed by atoms with Crippen molar-refractivity contribution in [3.05, 3.63) is 75.0 Å². The minimum absolute atomic E-state index is 0.0494. The van der Waals surface area contributed by atoms with Crippen LogP contribution in [0.15, 0.2) is 51.8 Å². The first-order valence-corrected chi connectivity index (χ1v) is 17.9. The zero-order valence-electron chi connectivity index (χ0n) is 28.7. The maximum atomic E-state index is 13.9. The number of guanidine groups is 1. The van der Waals surface area contributed by atoms with E-state index in [2.05, 4.69) is 25.3 Å². The SMILES string of the molecule is COc1cc(C)c(S(=O)(=O)NC(N)=NCCC[C@H](NC(=O)[C@H](Cc2cccc(F)c2)NC(=O)OC(C)(C)C)C(O)c2nccs2)c(C)c1C. The van der Waals surface area contributed by atoms with Crippen LogP contribution in [0.25, 0.3) is 0 Å². The number of amides is 2. The van der Waals surface area contributed by atoms with Crippen molar-refractivity contribution < 1.29 is 37.0 Å². The molecule has 2 aromatic carbocycles. The van der Waals surface area contributed by atoms with E-state index < -0.39 is 51.6 Å². The molecule has 0 saturated heterocycles. The van der Waals surface area contributed by atoms with Crippen molar-refractivity contribution in [1.29, 1.82) is 0 Å². The number of aromatic nitrogens is 1. The van der Waals surface area contributed by atoms with Crippen LogP contribution in [0, 0.1) is 26.6 Å². The summed E-state index contributed by atoms with van der Waals surface area (Å²) in [5.74, 6) is -0.910. The molecule has 49 heavy (non-hydrogen) atoms. The summed E-state index contributed by atoms with van der Waals surface area (Å²) in [7, 11) is -2.56. The Morgan fingerprint density at radius 3 is 2.47 bits per heavy atom. The van der Waals surface area contributed by atoms with Crippen molar-refractivity contribution >= 4 is 39.3 Å². The fourth-order valence-electron chi connectivity index (χ4n) is 5.08. The number of aliphatic imine (C=N–C) groups is 1. The molecule has 1 aromatic heterocycles. The Hall–Kier alpha value is -4.28. The van der Waals surface area contributed by atoms with E-state index in [1.165, 1.54) is 42.8 Å². The number of benzene rings is 2. The first-order chi connectivity index (χ1) is 22.9. The Kier molecular flexibility index (Phi) is 13.5. The van der Waals surface area contributed by atoms with Gasteiger partial charge in [-0.15, -0.1) is 11.3 Å². The van der Waals surface area contributed by atoms with Gasteiger partial charge < -0.3 is 30.9 Å². The second-order valence-corrected chi connectivity index (χ2v) is 15.0. The summed E-state index contributed by atoms with van der Waals surface area (Å²) in [5, 5.41) is 18.6. The van der Waals surface area contributed by atoms with Crippen LogP contribution in [0.2, 0.25) is 0 Å². The van der Waals surface area contributed by atoms with E-state index in [9.17, 15) is 27.5 Å². The van der Waals surface area contributed by atoms with Gasteiger partial charge in [0.05, 0.1) is 18.0 Å². The maximum Gasteiger partial charge on any atom is 0.408 e. The van der Waals surface area contributed by atoms with Gasteiger partial charge in [0.25, 0.3) is 10.0 Å².